The van der Waals surface area contributed by atoms with Gasteiger partial charge in [-0.2, -0.15) is 0 Å². The Bertz CT molecular complexity index is 1520. The van der Waals surface area contributed by atoms with Crippen LogP contribution in [-0.2, 0) is 9.84 Å². The zero-order chi connectivity index (χ0) is 27.1. The van der Waals surface area contributed by atoms with E-state index in [0.29, 0.717) is 11.4 Å². The molecule has 0 saturated heterocycles. The lowest BCUT2D eigenvalue weighted by Gasteiger charge is -2.09. The van der Waals surface area contributed by atoms with Gasteiger partial charge in [-0.1, -0.05) is 0 Å². The van der Waals surface area contributed by atoms with E-state index < -0.39 is 22.1 Å². The Kier molecular flexibility index (Phi) is 7.78. The summed E-state index contributed by atoms with van der Waals surface area (Å²) in [6.07, 6.45) is -1.96. The minimum atomic E-state index is -3.90. The second-order valence-corrected chi connectivity index (χ2v) is 9.65. The molecule has 4 aromatic carbocycles. The summed E-state index contributed by atoms with van der Waals surface area (Å²) in [6, 6.07) is 23.3. The fourth-order valence-corrected chi connectivity index (χ4v) is 4.42. The summed E-state index contributed by atoms with van der Waals surface area (Å²) < 4.78 is 46.3. The van der Waals surface area contributed by atoms with Crippen molar-refractivity contribution in [3.63, 3.8) is 0 Å². The number of benzene rings is 4. The number of nitrogens with one attached hydrogen (secondary N) is 1. The fourth-order valence-electron chi connectivity index (χ4n) is 3.16. The molecule has 0 fully saturated rings. The van der Waals surface area contributed by atoms with Gasteiger partial charge in [-0.25, -0.2) is 18.0 Å². The maximum absolute atomic E-state index is 13.0. The third-order valence-electron chi connectivity index (χ3n) is 5.10. The molecule has 194 valence electrons. The van der Waals surface area contributed by atoms with Crippen molar-refractivity contribution in [2.45, 2.75) is 9.79 Å². The van der Waals surface area contributed by atoms with Gasteiger partial charge < -0.3 is 30.0 Å². The molecule has 10 nitrogen and oxygen atoms in total. The molecule has 0 aliphatic carbocycles. The molecule has 0 aliphatic rings. The van der Waals surface area contributed by atoms with Gasteiger partial charge in [0.25, 0.3) is 0 Å². The number of hydrogen-bond donors (Lipinski definition) is 2. The molecule has 3 N–H and O–H groups in total. The molecule has 0 amide bonds. The molecule has 4 aromatic rings. The molecule has 0 unspecified atom stereocenters. The van der Waals surface area contributed by atoms with Crippen LogP contribution >= 0.6 is 0 Å². The van der Waals surface area contributed by atoms with Gasteiger partial charge in [0, 0.05) is 18.4 Å². The molecule has 0 radical (unpaired) electrons. The molecular formula is C27H22N2O8S. The summed E-state index contributed by atoms with van der Waals surface area (Å²) in [5.74, 6) is 0.725. The van der Waals surface area contributed by atoms with Crippen LogP contribution in [0.25, 0.3) is 0 Å². The second kappa shape index (κ2) is 11.4. The molecule has 0 heterocycles. The number of nitrogens with two attached hydrogens (primary N) is 1. The molecule has 0 aliphatic heterocycles. The number of nitrogen functional groups attached to an aromatic ring is 1. The van der Waals surface area contributed by atoms with Crippen LogP contribution in [-0.4, -0.2) is 27.8 Å². The minimum Gasteiger partial charge on any atom is -0.399 e. The predicted molar refractivity (Wildman–Crippen MR) is 138 cm³/mol. The Morgan fingerprint density at radius 3 is 1.24 bits per heavy atom. The van der Waals surface area contributed by atoms with E-state index in [9.17, 15) is 18.0 Å². The van der Waals surface area contributed by atoms with Crippen molar-refractivity contribution in [1.29, 1.82) is 0 Å². The lowest BCUT2D eigenvalue weighted by molar-refractivity contribution is 0.150. The third kappa shape index (κ3) is 6.59. The highest BCUT2D eigenvalue weighted by Crippen LogP contribution is 2.26. The van der Waals surface area contributed by atoms with E-state index in [4.69, 9.17) is 24.7 Å². The smallest absolute Gasteiger partial charge is 0.399 e. The summed E-state index contributed by atoms with van der Waals surface area (Å²) in [6.45, 7) is 0. The van der Waals surface area contributed by atoms with Crippen LogP contribution < -0.4 is 30.0 Å². The molecule has 0 aromatic heterocycles. The molecule has 0 bridgehead atoms. The summed E-state index contributed by atoms with van der Waals surface area (Å²) in [5.41, 5.74) is 6.95. The van der Waals surface area contributed by atoms with Crippen LogP contribution in [0.2, 0.25) is 0 Å². The number of rotatable bonds is 7. The Morgan fingerprint density at radius 2 is 0.895 bits per heavy atom. The molecule has 0 spiro atoms. The van der Waals surface area contributed by atoms with Crippen LogP contribution in [0.15, 0.2) is 107 Å². The van der Waals surface area contributed by atoms with Gasteiger partial charge in [-0.3, -0.25) is 0 Å². The summed E-state index contributed by atoms with van der Waals surface area (Å²) >= 11 is 0. The average Bonchev–Trinajstić information content (AvgIpc) is 2.91. The number of hydrogen-bond acceptors (Lipinski definition) is 10. The van der Waals surface area contributed by atoms with E-state index in [1.54, 1.807) is 43.4 Å². The number of carbonyl (C=O) groups is 2. The van der Waals surface area contributed by atoms with Crippen molar-refractivity contribution in [2.24, 2.45) is 0 Å². The SMILES string of the molecule is CNc1ccc(OC(=O)Oc2ccc(S(=O)(=O)c3ccc(OC(=O)Oc4ccc(N)cc4)cc3)cc2)cc1. The van der Waals surface area contributed by atoms with E-state index >= 15 is 0 Å². The van der Waals surface area contributed by atoms with Gasteiger partial charge in [-0.15, -0.1) is 0 Å². The molecule has 4 rings (SSSR count). The highest BCUT2D eigenvalue weighted by molar-refractivity contribution is 7.91. The van der Waals surface area contributed by atoms with Crippen molar-refractivity contribution in [3.05, 3.63) is 97.1 Å². The van der Waals surface area contributed by atoms with Gasteiger partial charge in [-0.05, 0) is 97.1 Å². The lowest BCUT2D eigenvalue weighted by Crippen LogP contribution is -2.14. The maximum Gasteiger partial charge on any atom is 0.519 e. The first kappa shape index (κ1) is 26.0. The van der Waals surface area contributed by atoms with Gasteiger partial charge in [0.05, 0.1) is 9.79 Å². The van der Waals surface area contributed by atoms with Crippen molar-refractivity contribution < 1.29 is 37.0 Å². The molecule has 11 heteroatoms. The normalized spacial score (nSPS) is 10.8. The van der Waals surface area contributed by atoms with Gasteiger partial charge >= 0.3 is 12.3 Å². The van der Waals surface area contributed by atoms with Gasteiger partial charge in [0.1, 0.15) is 23.0 Å². The van der Waals surface area contributed by atoms with E-state index in [0.717, 1.165) is 5.69 Å². The minimum absolute atomic E-state index is 0.0303. The van der Waals surface area contributed by atoms with Gasteiger partial charge in [0.15, 0.2) is 0 Å². The average molecular weight is 535 g/mol. The third-order valence-corrected chi connectivity index (χ3v) is 6.88. The first-order valence-corrected chi connectivity index (χ1v) is 12.6. The van der Waals surface area contributed by atoms with E-state index in [-0.39, 0.29) is 27.0 Å². The number of anilines is 2. The Labute approximate surface area is 218 Å². The molecule has 0 atom stereocenters. The Balaban J connectivity index is 1.35. The van der Waals surface area contributed by atoms with Crippen LogP contribution in [0.1, 0.15) is 0 Å². The Morgan fingerprint density at radius 1 is 0.579 bits per heavy atom. The Hall–Kier alpha value is -5.03. The zero-order valence-corrected chi connectivity index (χ0v) is 20.8. The second-order valence-electron chi connectivity index (χ2n) is 7.70. The topological polar surface area (TPSA) is 143 Å². The first-order chi connectivity index (χ1) is 18.2. The van der Waals surface area contributed by atoms with E-state index in [1.807, 2.05) is 0 Å². The quantitative estimate of drug-likeness (QED) is 0.182. The highest BCUT2D eigenvalue weighted by Gasteiger charge is 2.19. The molecule has 38 heavy (non-hydrogen) atoms. The van der Waals surface area contributed by atoms with Crippen molar-refractivity contribution in [1.82, 2.24) is 0 Å². The molecular weight excluding hydrogens is 512 g/mol. The number of carbonyl (C=O) groups excluding carboxylic acids is 2. The van der Waals surface area contributed by atoms with Crippen molar-refractivity contribution in [3.8, 4) is 23.0 Å². The van der Waals surface area contributed by atoms with Crippen LogP contribution in [0, 0.1) is 0 Å². The molecule has 0 saturated carbocycles. The lowest BCUT2D eigenvalue weighted by atomic mass is 10.3. The largest absolute Gasteiger partial charge is 0.519 e. The standard InChI is InChI=1S/C27H22N2O8S/c1-29-19-4-8-21(9-5-19)35-27(31)37-23-12-16-25(17-13-23)38(32,33)24-14-10-22(11-15-24)36-26(30)34-20-6-2-18(28)3-7-20/h2-17,29H,28H2,1H3. The maximum atomic E-state index is 13.0. The van der Waals surface area contributed by atoms with Crippen molar-refractivity contribution in [2.75, 3.05) is 18.1 Å². The van der Waals surface area contributed by atoms with Crippen molar-refractivity contribution >= 4 is 33.5 Å². The highest BCUT2D eigenvalue weighted by atomic mass is 32.2. The van der Waals surface area contributed by atoms with E-state index in [1.165, 1.54) is 60.7 Å². The van der Waals surface area contributed by atoms with Gasteiger partial charge in [0.2, 0.25) is 9.84 Å². The van der Waals surface area contributed by atoms with E-state index in [2.05, 4.69) is 5.32 Å². The monoisotopic (exact) mass is 534 g/mol. The number of ether oxygens (including phenoxy) is 4. The first-order valence-electron chi connectivity index (χ1n) is 11.1. The summed E-state index contributed by atoms with van der Waals surface area (Å²) in [4.78, 5) is 23.9. The summed E-state index contributed by atoms with van der Waals surface area (Å²) in [5, 5.41) is 2.95. The van der Waals surface area contributed by atoms with Crippen LogP contribution in [0.3, 0.4) is 0 Å². The predicted octanol–water partition coefficient (Wildman–Crippen LogP) is 5.30. The number of sulfone groups is 1. The summed E-state index contributed by atoms with van der Waals surface area (Å²) in [7, 11) is -2.13. The van der Waals surface area contributed by atoms with Crippen LogP contribution in [0.4, 0.5) is 21.0 Å². The zero-order valence-electron chi connectivity index (χ0n) is 20.0. The fraction of sp³-hybridized carbons (Fsp3) is 0.0370. The van der Waals surface area contributed by atoms with Crippen LogP contribution in [0.5, 0.6) is 23.0 Å².